The minimum atomic E-state index is -3.56. The molecule has 0 spiro atoms. The van der Waals surface area contributed by atoms with Gasteiger partial charge in [0.15, 0.2) is 0 Å². The van der Waals surface area contributed by atoms with Crippen molar-refractivity contribution in [1.82, 2.24) is 10.0 Å². The Morgan fingerprint density at radius 2 is 1.64 bits per heavy atom. The topological polar surface area (TPSA) is 113 Å². The molecule has 0 fully saturated rings. The van der Waals surface area contributed by atoms with Gasteiger partial charge in [0.05, 0.1) is 4.90 Å². The largest absolute Gasteiger partial charge is 0.481 e. The Kier molecular flexibility index (Phi) is 7.55. The number of carbonyl (C=O) groups is 2. The molecule has 1 aromatic rings. The second kappa shape index (κ2) is 9.16. The van der Waals surface area contributed by atoms with Crippen molar-refractivity contribution in [1.29, 1.82) is 0 Å². The number of hydrogen-bond donors (Lipinski definition) is 3. The maximum Gasteiger partial charge on any atom is 0.303 e. The summed E-state index contributed by atoms with van der Waals surface area (Å²) in [6.07, 6.45) is 1.22. The molecule has 7 nitrogen and oxygen atoms in total. The van der Waals surface area contributed by atoms with Gasteiger partial charge in [0.2, 0.25) is 15.9 Å². The number of amides is 1. The average Bonchev–Trinajstić information content (AvgIpc) is 2.49. The minimum Gasteiger partial charge on any atom is -0.481 e. The Bertz CT molecular complexity index is 587. The molecule has 0 aliphatic heterocycles. The van der Waals surface area contributed by atoms with E-state index < -0.39 is 16.0 Å². The van der Waals surface area contributed by atoms with Crippen LogP contribution in [0.3, 0.4) is 0 Å². The number of carboxylic acids is 1. The number of aliphatic carboxylic acids is 1. The van der Waals surface area contributed by atoms with Crippen molar-refractivity contribution in [3.05, 3.63) is 30.3 Å². The van der Waals surface area contributed by atoms with Crippen molar-refractivity contribution in [2.75, 3.05) is 13.1 Å². The molecule has 0 aliphatic carbocycles. The second-order valence-corrected chi connectivity index (χ2v) is 6.43. The summed E-state index contributed by atoms with van der Waals surface area (Å²) in [7, 11) is -3.56. The van der Waals surface area contributed by atoms with Gasteiger partial charge in [0.25, 0.3) is 0 Å². The van der Waals surface area contributed by atoms with Crippen LogP contribution >= 0.6 is 0 Å². The standard InChI is InChI=1S/C14H20N2O5S/c17-13(8-4-5-9-14(18)19)15-10-11-16-22(20,21)12-6-2-1-3-7-12/h1-3,6-7,16H,4-5,8-11H2,(H,15,17)(H,18,19). The SMILES string of the molecule is O=C(O)CCCCC(=O)NCCNS(=O)(=O)c1ccccc1. The van der Waals surface area contributed by atoms with E-state index in [1.54, 1.807) is 18.2 Å². The highest BCUT2D eigenvalue weighted by Crippen LogP contribution is 2.06. The molecule has 0 heterocycles. The first-order chi connectivity index (χ1) is 10.4. The third-order valence-electron chi connectivity index (χ3n) is 2.84. The molecule has 0 saturated carbocycles. The Hall–Kier alpha value is -1.93. The van der Waals surface area contributed by atoms with Gasteiger partial charge in [-0.2, -0.15) is 0 Å². The van der Waals surface area contributed by atoms with Gasteiger partial charge in [-0.3, -0.25) is 9.59 Å². The number of benzene rings is 1. The lowest BCUT2D eigenvalue weighted by Gasteiger charge is -2.08. The molecule has 0 bridgehead atoms. The van der Waals surface area contributed by atoms with Gasteiger partial charge in [-0.15, -0.1) is 0 Å². The van der Waals surface area contributed by atoms with Crippen molar-refractivity contribution in [2.45, 2.75) is 30.6 Å². The zero-order valence-electron chi connectivity index (χ0n) is 12.1. The van der Waals surface area contributed by atoms with E-state index in [0.717, 1.165) is 0 Å². The number of unbranched alkanes of at least 4 members (excludes halogenated alkanes) is 1. The van der Waals surface area contributed by atoms with Crippen molar-refractivity contribution in [3.8, 4) is 0 Å². The van der Waals surface area contributed by atoms with Crippen LogP contribution < -0.4 is 10.0 Å². The lowest BCUT2D eigenvalue weighted by atomic mass is 10.2. The van der Waals surface area contributed by atoms with Crippen LogP contribution in [0.2, 0.25) is 0 Å². The molecule has 3 N–H and O–H groups in total. The summed E-state index contributed by atoms with van der Waals surface area (Å²) in [5.74, 6) is -1.10. The molecule has 0 aliphatic rings. The third-order valence-corrected chi connectivity index (χ3v) is 4.31. The highest BCUT2D eigenvalue weighted by atomic mass is 32.2. The van der Waals surface area contributed by atoms with E-state index in [0.29, 0.717) is 12.8 Å². The van der Waals surface area contributed by atoms with Crippen LogP contribution in [0.15, 0.2) is 35.2 Å². The molecule has 1 amide bonds. The first kappa shape index (κ1) is 18.1. The number of hydrogen-bond acceptors (Lipinski definition) is 4. The Balaban J connectivity index is 2.19. The molecule has 0 unspecified atom stereocenters. The van der Waals surface area contributed by atoms with Crippen molar-refractivity contribution in [3.63, 3.8) is 0 Å². The van der Waals surface area contributed by atoms with E-state index in [2.05, 4.69) is 10.0 Å². The summed E-state index contributed by atoms with van der Waals surface area (Å²) in [6.45, 7) is 0.280. The molecule has 0 atom stereocenters. The van der Waals surface area contributed by atoms with E-state index in [9.17, 15) is 18.0 Å². The van der Waals surface area contributed by atoms with Crippen molar-refractivity contribution in [2.24, 2.45) is 0 Å². The van der Waals surface area contributed by atoms with Crippen LogP contribution in [0.1, 0.15) is 25.7 Å². The predicted molar refractivity (Wildman–Crippen MR) is 80.7 cm³/mol. The molecule has 8 heteroatoms. The van der Waals surface area contributed by atoms with Crippen LogP contribution in [-0.2, 0) is 19.6 Å². The zero-order valence-corrected chi connectivity index (χ0v) is 12.9. The van der Waals surface area contributed by atoms with E-state index in [1.165, 1.54) is 12.1 Å². The predicted octanol–water partition coefficient (Wildman–Crippen LogP) is 0.726. The molecular formula is C14H20N2O5S. The first-order valence-electron chi connectivity index (χ1n) is 6.95. The average molecular weight is 328 g/mol. The maximum absolute atomic E-state index is 11.9. The highest BCUT2D eigenvalue weighted by molar-refractivity contribution is 7.89. The van der Waals surface area contributed by atoms with Gasteiger partial charge in [0.1, 0.15) is 0 Å². The summed E-state index contributed by atoms with van der Waals surface area (Å²) in [5.41, 5.74) is 0. The van der Waals surface area contributed by atoms with Crippen LogP contribution in [0, 0.1) is 0 Å². The van der Waals surface area contributed by atoms with E-state index in [4.69, 9.17) is 5.11 Å². The smallest absolute Gasteiger partial charge is 0.303 e. The Morgan fingerprint density at radius 1 is 1.00 bits per heavy atom. The summed E-state index contributed by atoms with van der Waals surface area (Å²) in [6, 6.07) is 7.97. The Morgan fingerprint density at radius 3 is 2.27 bits per heavy atom. The van der Waals surface area contributed by atoms with Crippen molar-refractivity contribution < 1.29 is 23.1 Å². The molecular weight excluding hydrogens is 308 g/mol. The summed E-state index contributed by atoms with van der Waals surface area (Å²) >= 11 is 0. The fraction of sp³-hybridized carbons (Fsp3) is 0.429. The minimum absolute atomic E-state index is 0.0458. The highest BCUT2D eigenvalue weighted by Gasteiger charge is 2.12. The molecule has 122 valence electrons. The van der Waals surface area contributed by atoms with Crippen LogP contribution in [-0.4, -0.2) is 38.5 Å². The third kappa shape index (κ3) is 7.19. The van der Waals surface area contributed by atoms with Gasteiger partial charge in [0, 0.05) is 25.9 Å². The maximum atomic E-state index is 11.9. The number of rotatable bonds is 10. The molecule has 0 aromatic heterocycles. The number of carboxylic acid groups (broad SMARTS) is 1. The summed E-state index contributed by atoms with van der Waals surface area (Å²) in [4.78, 5) is 21.9. The van der Waals surface area contributed by atoms with E-state index in [-0.39, 0.29) is 36.7 Å². The quantitative estimate of drug-likeness (QED) is 0.548. The fourth-order valence-corrected chi connectivity index (χ4v) is 2.77. The molecule has 0 radical (unpaired) electrons. The first-order valence-corrected chi connectivity index (χ1v) is 8.43. The number of nitrogens with one attached hydrogen (secondary N) is 2. The lowest BCUT2D eigenvalue weighted by molar-refractivity contribution is -0.137. The normalized spacial score (nSPS) is 11.1. The Labute approximate surface area is 129 Å². The lowest BCUT2D eigenvalue weighted by Crippen LogP contribution is -2.34. The van der Waals surface area contributed by atoms with Crippen LogP contribution in [0.5, 0.6) is 0 Å². The molecule has 1 aromatic carbocycles. The number of carbonyl (C=O) groups excluding carboxylic acids is 1. The van der Waals surface area contributed by atoms with Gasteiger partial charge in [-0.05, 0) is 25.0 Å². The summed E-state index contributed by atoms with van der Waals surface area (Å²) in [5, 5.41) is 11.0. The van der Waals surface area contributed by atoms with E-state index in [1.807, 2.05) is 0 Å². The monoisotopic (exact) mass is 328 g/mol. The van der Waals surface area contributed by atoms with Gasteiger partial charge < -0.3 is 10.4 Å². The fourth-order valence-electron chi connectivity index (χ4n) is 1.72. The second-order valence-electron chi connectivity index (χ2n) is 4.66. The molecule has 0 saturated heterocycles. The van der Waals surface area contributed by atoms with Crippen molar-refractivity contribution >= 4 is 21.9 Å². The van der Waals surface area contributed by atoms with Gasteiger partial charge >= 0.3 is 5.97 Å². The zero-order chi connectivity index (χ0) is 16.4. The molecule has 22 heavy (non-hydrogen) atoms. The van der Waals surface area contributed by atoms with Crippen LogP contribution in [0.25, 0.3) is 0 Å². The number of sulfonamides is 1. The molecule has 1 rings (SSSR count). The van der Waals surface area contributed by atoms with E-state index >= 15 is 0 Å². The van der Waals surface area contributed by atoms with Crippen LogP contribution in [0.4, 0.5) is 0 Å². The van der Waals surface area contributed by atoms with Gasteiger partial charge in [-0.25, -0.2) is 13.1 Å². The van der Waals surface area contributed by atoms with Gasteiger partial charge in [-0.1, -0.05) is 18.2 Å². The summed E-state index contributed by atoms with van der Waals surface area (Å²) < 4.78 is 26.1.